The standard InChI is InChI=1S/C29H39N5O2.C2H6/c1-29(2,3)36-28(35)34-17-15-33(16-18-34)20-22-7-9-23(10-8-22)27-25-19-24(31-26(25)11-12-30-27)21-32-13-5-4-6-14-32;1-2/h7-12,19,31H,4-6,13-18,20-21H2,1-3H3;1-2H3. The van der Waals surface area contributed by atoms with Crippen LogP contribution in [-0.2, 0) is 17.8 Å². The number of aromatic amines is 1. The summed E-state index contributed by atoms with van der Waals surface area (Å²) in [5.41, 5.74) is 5.41. The molecule has 38 heavy (non-hydrogen) atoms. The van der Waals surface area contributed by atoms with Gasteiger partial charge in [0.15, 0.2) is 0 Å². The summed E-state index contributed by atoms with van der Waals surface area (Å²) >= 11 is 0. The minimum atomic E-state index is -0.454. The van der Waals surface area contributed by atoms with E-state index in [1.165, 1.54) is 49.0 Å². The molecule has 1 N–H and O–H groups in total. The number of ether oxygens (including phenoxy) is 1. The maximum Gasteiger partial charge on any atom is 0.410 e. The number of piperazine rings is 1. The lowest BCUT2D eigenvalue weighted by Gasteiger charge is -2.35. The van der Waals surface area contributed by atoms with Crippen LogP contribution in [0.15, 0.2) is 42.6 Å². The van der Waals surface area contributed by atoms with Crippen LogP contribution in [0.3, 0.4) is 0 Å². The smallest absolute Gasteiger partial charge is 0.410 e. The minimum absolute atomic E-state index is 0.211. The molecule has 2 fully saturated rings. The van der Waals surface area contributed by atoms with Gasteiger partial charge in [-0.2, -0.15) is 0 Å². The van der Waals surface area contributed by atoms with Gasteiger partial charge in [0.05, 0.1) is 5.69 Å². The number of likely N-dealkylation sites (tertiary alicyclic amines) is 1. The fraction of sp³-hybridized carbons (Fsp3) is 0.548. The Labute approximate surface area is 228 Å². The number of aromatic nitrogens is 2. The van der Waals surface area contributed by atoms with E-state index in [0.717, 1.165) is 43.0 Å². The topological polar surface area (TPSA) is 64.7 Å². The van der Waals surface area contributed by atoms with Crippen LogP contribution in [0, 0.1) is 0 Å². The lowest BCUT2D eigenvalue weighted by Crippen LogP contribution is -2.49. The molecule has 7 heteroatoms. The number of carbonyl (C=O) groups excluding carboxylic acids is 1. The normalized spacial score (nSPS) is 17.2. The molecule has 7 nitrogen and oxygen atoms in total. The highest BCUT2D eigenvalue weighted by Crippen LogP contribution is 2.28. The van der Waals surface area contributed by atoms with Gasteiger partial charge in [-0.25, -0.2) is 4.79 Å². The van der Waals surface area contributed by atoms with Crippen LogP contribution in [-0.4, -0.2) is 75.6 Å². The molecule has 1 amide bonds. The number of rotatable bonds is 5. The van der Waals surface area contributed by atoms with Crippen molar-refractivity contribution >= 4 is 17.0 Å². The number of carbonyl (C=O) groups is 1. The number of H-pyrrole nitrogens is 1. The Bertz CT molecular complexity index is 1170. The summed E-state index contributed by atoms with van der Waals surface area (Å²) in [6.45, 7) is 17.1. The highest BCUT2D eigenvalue weighted by atomic mass is 16.6. The van der Waals surface area contributed by atoms with E-state index in [2.05, 4.69) is 51.2 Å². The summed E-state index contributed by atoms with van der Waals surface area (Å²) in [4.78, 5) is 27.4. The molecule has 2 aromatic heterocycles. The van der Waals surface area contributed by atoms with E-state index < -0.39 is 5.60 Å². The molecule has 0 bridgehead atoms. The van der Waals surface area contributed by atoms with Crippen molar-refractivity contribution in [1.29, 1.82) is 0 Å². The van der Waals surface area contributed by atoms with Gasteiger partial charge in [0, 0.05) is 67.6 Å². The van der Waals surface area contributed by atoms with E-state index in [1.54, 1.807) is 0 Å². The number of amides is 1. The second-order valence-corrected chi connectivity index (χ2v) is 11.2. The maximum atomic E-state index is 12.3. The average Bonchev–Trinajstić information content (AvgIpc) is 3.33. The third-order valence-corrected chi connectivity index (χ3v) is 7.10. The molecule has 0 unspecified atom stereocenters. The van der Waals surface area contributed by atoms with Crippen molar-refractivity contribution in [1.82, 2.24) is 24.7 Å². The predicted molar refractivity (Wildman–Crippen MR) is 155 cm³/mol. The van der Waals surface area contributed by atoms with Gasteiger partial charge in [0.25, 0.3) is 0 Å². The summed E-state index contributed by atoms with van der Waals surface area (Å²) in [6, 6.07) is 13.1. The molecule has 0 radical (unpaired) electrons. The second-order valence-electron chi connectivity index (χ2n) is 11.2. The molecule has 4 heterocycles. The van der Waals surface area contributed by atoms with Crippen molar-refractivity contribution < 1.29 is 9.53 Å². The van der Waals surface area contributed by atoms with Gasteiger partial charge in [0.1, 0.15) is 5.60 Å². The van der Waals surface area contributed by atoms with E-state index in [0.29, 0.717) is 13.1 Å². The van der Waals surface area contributed by atoms with Crippen molar-refractivity contribution in [2.45, 2.75) is 72.6 Å². The van der Waals surface area contributed by atoms with Gasteiger partial charge in [0.2, 0.25) is 0 Å². The maximum absolute atomic E-state index is 12.3. The second kappa shape index (κ2) is 12.8. The van der Waals surface area contributed by atoms with Gasteiger partial charge >= 0.3 is 6.09 Å². The zero-order valence-corrected chi connectivity index (χ0v) is 23.9. The molecule has 0 atom stereocenters. The van der Waals surface area contributed by atoms with Crippen LogP contribution >= 0.6 is 0 Å². The number of pyridine rings is 1. The van der Waals surface area contributed by atoms with Crippen LogP contribution in [0.1, 0.15) is 65.1 Å². The average molecular weight is 520 g/mol. The largest absolute Gasteiger partial charge is 0.444 e. The third kappa shape index (κ3) is 7.35. The summed E-state index contributed by atoms with van der Waals surface area (Å²) in [5, 5.41) is 1.19. The van der Waals surface area contributed by atoms with Crippen LogP contribution < -0.4 is 0 Å². The van der Waals surface area contributed by atoms with Crippen molar-refractivity contribution in [2.75, 3.05) is 39.3 Å². The van der Waals surface area contributed by atoms with E-state index in [-0.39, 0.29) is 6.09 Å². The molecule has 1 aromatic carbocycles. The zero-order chi connectivity index (χ0) is 27.1. The number of hydrogen-bond donors (Lipinski definition) is 1. The lowest BCUT2D eigenvalue weighted by molar-refractivity contribution is 0.0139. The van der Waals surface area contributed by atoms with E-state index in [9.17, 15) is 4.79 Å². The molecule has 0 aliphatic carbocycles. The SMILES string of the molecule is CC.CC(C)(C)OC(=O)N1CCN(Cc2ccc(-c3nccc4[nH]c(CN5CCCCC5)cc34)cc2)CC1. The first-order valence-corrected chi connectivity index (χ1v) is 14.3. The molecule has 3 aromatic rings. The van der Waals surface area contributed by atoms with Gasteiger partial charge in [-0.15, -0.1) is 0 Å². The number of nitrogens with one attached hydrogen (secondary N) is 1. The Morgan fingerprint density at radius 3 is 2.21 bits per heavy atom. The molecular formula is C31H45N5O2. The monoisotopic (exact) mass is 519 g/mol. The summed E-state index contributed by atoms with van der Waals surface area (Å²) < 4.78 is 5.51. The predicted octanol–water partition coefficient (Wildman–Crippen LogP) is 6.29. The lowest BCUT2D eigenvalue weighted by atomic mass is 10.0. The molecule has 2 aliphatic heterocycles. The fourth-order valence-electron chi connectivity index (χ4n) is 5.23. The number of benzene rings is 1. The number of fused-ring (bicyclic) bond motifs is 1. The number of hydrogen-bond acceptors (Lipinski definition) is 5. The first-order valence-electron chi connectivity index (χ1n) is 14.3. The van der Waals surface area contributed by atoms with Crippen LogP contribution in [0.2, 0.25) is 0 Å². The Morgan fingerprint density at radius 2 is 1.55 bits per heavy atom. The highest BCUT2D eigenvalue weighted by Gasteiger charge is 2.25. The zero-order valence-electron chi connectivity index (χ0n) is 23.9. The van der Waals surface area contributed by atoms with E-state index in [4.69, 9.17) is 9.72 Å². The molecule has 5 rings (SSSR count). The summed E-state index contributed by atoms with van der Waals surface area (Å²) in [5.74, 6) is 0. The Kier molecular flexibility index (Phi) is 9.44. The van der Waals surface area contributed by atoms with Gasteiger partial charge in [-0.1, -0.05) is 44.5 Å². The fourth-order valence-corrected chi connectivity index (χ4v) is 5.23. The van der Waals surface area contributed by atoms with E-state index in [1.807, 2.05) is 45.7 Å². The first-order chi connectivity index (χ1) is 18.3. The van der Waals surface area contributed by atoms with Crippen LogP contribution in [0.5, 0.6) is 0 Å². The Balaban J connectivity index is 0.00000164. The van der Waals surface area contributed by atoms with Gasteiger partial charge in [-0.3, -0.25) is 14.8 Å². The third-order valence-electron chi connectivity index (χ3n) is 7.10. The first kappa shape index (κ1) is 28.1. The molecule has 2 saturated heterocycles. The number of piperidine rings is 1. The number of nitrogens with zero attached hydrogens (tertiary/aromatic N) is 4. The van der Waals surface area contributed by atoms with Gasteiger partial charge < -0.3 is 14.6 Å². The quantitative estimate of drug-likeness (QED) is 0.429. The Morgan fingerprint density at radius 1 is 0.895 bits per heavy atom. The van der Waals surface area contributed by atoms with Crippen LogP contribution in [0.4, 0.5) is 4.79 Å². The van der Waals surface area contributed by atoms with Gasteiger partial charge in [-0.05, 0) is 64.4 Å². The molecule has 0 spiro atoms. The van der Waals surface area contributed by atoms with Crippen molar-refractivity contribution in [3.8, 4) is 11.3 Å². The van der Waals surface area contributed by atoms with Crippen molar-refractivity contribution in [2.24, 2.45) is 0 Å². The van der Waals surface area contributed by atoms with Crippen molar-refractivity contribution in [3.63, 3.8) is 0 Å². The van der Waals surface area contributed by atoms with Crippen LogP contribution in [0.25, 0.3) is 22.2 Å². The molecule has 206 valence electrons. The molecule has 0 saturated carbocycles. The molecular weight excluding hydrogens is 474 g/mol. The summed E-state index contributed by atoms with van der Waals surface area (Å²) in [7, 11) is 0. The van der Waals surface area contributed by atoms with Crippen molar-refractivity contribution in [3.05, 3.63) is 53.9 Å². The minimum Gasteiger partial charge on any atom is -0.444 e. The molecule has 2 aliphatic rings. The highest BCUT2D eigenvalue weighted by molar-refractivity contribution is 5.93. The van der Waals surface area contributed by atoms with E-state index >= 15 is 0 Å². The Hall–Kier alpha value is -2.90. The summed E-state index contributed by atoms with van der Waals surface area (Å²) in [6.07, 6.45) is 5.65.